The molecule has 0 unspecified atom stereocenters. The highest BCUT2D eigenvalue weighted by atomic mass is 16.6. The average Bonchev–Trinajstić information content (AvgIpc) is 2.62. The zero-order valence-electron chi connectivity index (χ0n) is 13.6. The van der Waals surface area contributed by atoms with Crippen molar-refractivity contribution in [2.45, 2.75) is 6.42 Å². The van der Waals surface area contributed by atoms with Crippen LogP contribution in [0.1, 0.15) is 11.1 Å². The van der Waals surface area contributed by atoms with Gasteiger partial charge in [-0.05, 0) is 28.5 Å². The Bertz CT molecular complexity index is 1010. The van der Waals surface area contributed by atoms with Gasteiger partial charge in [0, 0.05) is 6.07 Å². The Morgan fingerprint density at radius 1 is 1.15 bits per heavy atom. The van der Waals surface area contributed by atoms with Gasteiger partial charge in [-0.2, -0.15) is 5.10 Å². The third-order valence-electron chi connectivity index (χ3n) is 3.83. The van der Waals surface area contributed by atoms with Crippen LogP contribution in [0.2, 0.25) is 0 Å². The standard InChI is InChI=1S/C19H15N3O4/c23-16-8-9-18(22(25)26)15(10-16)12-20-21-19(24)11-14-6-3-5-13-4-1-2-7-17(13)14/h1-10,12,23H,11H2,(H,21,24). The third-order valence-corrected chi connectivity index (χ3v) is 3.83. The van der Waals surface area contributed by atoms with Gasteiger partial charge in [-0.25, -0.2) is 5.43 Å². The number of carbonyl (C=O) groups excluding carboxylic acids is 1. The number of nitro groups is 1. The number of nitro benzene ring substituents is 1. The number of nitrogens with zero attached hydrogens (tertiary/aromatic N) is 2. The topological polar surface area (TPSA) is 105 Å². The molecule has 0 aliphatic heterocycles. The lowest BCUT2D eigenvalue weighted by molar-refractivity contribution is -0.385. The highest BCUT2D eigenvalue weighted by Crippen LogP contribution is 2.21. The van der Waals surface area contributed by atoms with Crippen LogP contribution in [0.4, 0.5) is 5.69 Å². The summed E-state index contributed by atoms with van der Waals surface area (Å²) in [6.45, 7) is 0. The van der Waals surface area contributed by atoms with Crippen LogP contribution in [0.25, 0.3) is 10.8 Å². The minimum Gasteiger partial charge on any atom is -0.508 e. The molecular weight excluding hydrogens is 334 g/mol. The van der Waals surface area contributed by atoms with Crippen molar-refractivity contribution in [2.75, 3.05) is 0 Å². The van der Waals surface area contributed by atoms with Crippen molar-refractivity contribution in [3.05, 3.63) is 81.9 Å². The van der Waals surface area contributed by atoms with Crippen LogP contribution in [-0.2, 0) is 11.2 Å². The minimum atomic E-state index is -0.585. The lowest BCUT2D eigenvalue weighted by atomic mass is 10.0. The van der Waals surface area contributed by atoms with Crippen molar-refractivity contribution in [2.24, 2.45) is 5.10 Å². The van der Waals surface area contributed by atoms with Gasteiger partial charge in [-0.15, -0.1) is 0 Å². The molecule has 0 heterocycles. The van der Waals surface area contributed by atoms with Crippen LogP contribution >= 0.6 is 0 Å². The maximum Gasteiger partial charge on any atom is 0.278 e. The average molecular weight is 349 g/mol. The van der Waals surface area contributed by atoms with E-state index in [-0.39, 0.29) is 29.3 Å². The first-order chi connectivity index (χ1) is 12.5. The maximum absolute atomic E-state index is 12.1. The molecular formula is C19H15N3O4. The van der Waals surface area contributed by atoms with E-state index in [0.717, 1.165) is 22.6 Å². The first-order valence-electron chi connectivity index (χ1n) is 7.80. The number of hydrazone groups is 1. The van der Waals surface area contributed by atoms with E-state index in [1.165, 1.54) is 18.2 Å². The number of phenols is 1. The van der Waals surface area contributed by atoms with E-state index in [1.807, 2.05) is 42.5 Å². The molecule has 26 heavy (non-hydrogen) atoms. The van der Waals surface area contributed by atoms with Crippen molar-refractivity contribution in [3.63, 3.8) is 0 Å². The minimum absolute atomic E-state index is 0.0976. The summed E-state index contributed by atoms with van der Waals surface area (Å²) < 4.78 is 0. The molecule has 130 valence electrons. The van der Waals surface area contributed by atoms with Gasteiger partial charge in [0.05, 0.1) is 23.1 Å². The molecule has 0 aromatic heterocycles. The number of amides is 1. The Kier molecular flexibility index (Phi) is 4.89. The first kappa shape index (κ1) is 17.1. The Hall–Kier alpha value is -3.74. The number of rotatable bonds is 5. The molecule has 0 radical (unpaired) electrons. The monoisotopic (exact) mass is 349 g/mol. The van der Waals surface area contributed by atoms with Crippen LogP contribution in [-0.4, -0.2) is 22.2 Å². The lowest BCUT2D eigenvalue weighted by Crippen LogP contribution is -2.20. The fourth-order valence-electron chi connectivity index (χ4n) is 2.64. The van der Waals surface area contributed by atoms with E-state index < -0.39 is 4.92 Å². The molecule has 3 rings (SSSR count). The number of hydrogen-bond donors (Lipinski definition) is 2. The molecule has 0 bridgehead atoms. The normalized spacial score (nSPS) is 10.9. The Labute approximate surface area is 148 Å². The fourth-order valence-corrected chi connectivity index (χ4v) is 2.64. The fraction of sp³-hybridized carbons (Fsp3) is 0.0526. The molecule has 0 saturated carbocycles. The summed E-state index contributed by atoms with van der Waals surface area (Å²) in [5.74, 6) is -0.473. The molecule has 0 fully saturated rings. The largest absolute Gasteiger partial charge is 0.508 e. The number of fused-ring (bicyclic) bond motifs is 1. The lowest BCUT2D eigenvalue weighted by Gasteiger charge is -2.05. The van der Waals surface area contributed by atoms with E-state index >= 15 is 0 Å². The summed E-state index contributed by atoms with van der Waals surface area (Å²) in [6.07, 6.45) is 1.26. The predicted molar refractivity (Wildman–Crippen MR) is 98.1 cm³/mol. The number of phenolic OH excluding ortho intramolecular Hbond substituents is 1. The summed E-state index contributed by atoms with van der Waals surface area (Å²) in [7, 11) is 0. The number of benzene rings is 3. The highest BCUT2D eigenvalue weighted by Gasteiger charge is 2.12. The van der Waals surface area contributed by atoms with Gasteiger partial charge < -0.3 is 5.11 Å². The van der Waals surface area contributed by atoms with E-state index in [4.69, 9.17) is 0 Å². The number of hydrogen-bond acceptors (Lipinski definition) is 5. The van der Waals surface area contributed by atoms with Crippen molar-refractivity contribution in [3.8, 4) is 5.75 Å². The molecule has 3 aromatic rings. The third kappa shape index (κ3) is 3.84. The van der Waals surface area contributed by atoms with Gasteiger partial charge in [0.2, 0.25) is 5.91 Å². The summed E-state index contributed by atoms with van der Waals surface area (Å²) >= 11 is 0. The summed E-state index contributed by atoms with van der Waals surface area (Å²) in [4.78, 5) is 22.5. The summed E-state index contributed by atoms with van der Waals surface area (Å²) in [6, 6.07) is 17.1. The quantitative estimate of drug-likeness (QED) is 0.419. The van der Waals surface area contributed by atoms with Crippen molar-refractivity contribution >= 4 is 28.6 Å². The molecule has 0 aliphatic carbocycles. The SMILES string of the molecule is O=C(Cc1cccc2ccccc12)NN=Cc1cc(O)ccc1[N+](=O)[O-]. The number of carbonyl (C=O) groups is 1. The van der Waals surface area contributed by atoms with E-state index in [1.54, 1.807) is 0 Å². The predicted octanol–water partition coefficient (Wildman–Crippen LogP) is 3.15. The molecule has 1 amide bonds. The summed E-state index contributed by atoms with van der Waals surface area (Å²) in [5, 5.41) is 26.2. The van der Waals surface area contributed by atoms with Crippen molar-refractivity contribution in [1.82, 2.24) is 5.43 Å². The van der Waals surface area contributed by atoms with E-state index in [9.17, 15) is 20.0 Å². The van der Waals surface area contributed by atoms with Crippen LogP contribution in [0.3, 0.4) is 0 Å². The Balaban J connectivity index is 1.72. The van der Waals surface area contributed by atoms with Gasteiger partial charge >= 0.3 is 0 Å². The second kappa shape index (κ2) is 7.43. The van der Waals surface area contributed by atoms with Gasteiger partial charge in [0.1, 0.15) is 5.75 Å². The second-order valence-corrected chi connectivity index (χ2v) is 5.61. The molecule has 3 aromatic carbocycles. The molecule has 7 nitrogen and oxygen atoms in total. The van der Waals surface area contributed by atoms with Gasteiger partial charge in [0.25, 0.3) is 5.69 Å². The van der Waals surface area contributed by atoms with E-state index in [0.29, 0.717) is 0 Å². The molecule has 7 heteroatoms. The second-order valence-electron chi connectivity index (χ2n) is 5.61. The zero-order valence-corrected chi connectivity index (χ0v) is 13.6. The van der Waals surface area contributed by atoms with E-state index in [2.05, 4.69) is 10.5 Å². The maximum atomic E-state index is 12.1. The Morgan fingerprint density at radius 3 is 2.73 bits per heavy atom. The van der Waals surface area contributed by atoms with Crippen LogP contribution < -0.4 is 5.43 Å². The molecule has 0 aliphatic rings. The van der Waals surface area contributed by atoms with Gasteiger partial charge in [-0.1, -0.05) is 42.5 Å². The zero-order chi connectivity index (χ0) is 18.5. The van der Waals surface area contributed by atoms with Gasteiger partial charge in [-0.3, -0.25) is 14.9 Å². The van der Waals surface area contributed by atoms with Crippen LogP contribution in [0.5, 0.6) is 5.75 Å². The van der Waals surface area contributed by atoms with Crippen LogP contribution in [0.15, 0.2) is 65.8 Å². The molecule has 0 saturated heterocycles. The summed E-state index contributed by atoms with van der Waals surface area (Å²) in [5.41, 5.74) is 3.10. The van der Waals surface area contributed by atoms with Crippen molar-refractivity contribution in [1.29, 1.82) is 0 Å². The smallest absolute Gasteiger partial charge is 0.278 e. The first-order valence-corrected chi connectivity index (χ1v) is 7.80. The highest BCUT2D eigenvalue weighted by molar-refractivity contribution is 5.91. The molecule has 0 spiro atoms. The molecule has 2 N–H and O–H groups in total. The Morgan fingerprint density at radius 2 is 1.92 bits per heavy atom. The van der Waals surface area contributed by atoms with Gasteiger partial charge in [0.15, 0.2) is 0 Å². The van der Waals surface area contributed by atoms with Crippen molar-refractivity contribution < 1.29 is 14.8 Å². The van der Waals surface area contributed by atoms with Crippen LogP contribution in [0, 0.1) is 10.1 Å². The molecule has 0 atom stereocenters. The number of aromatic hydroxyl groups is 1. The number of nitrogens with one attached hydrogen (secondary N) is 1.